The Morgan fingerprint density at radius 3 is 2.38 bits per heavy atom. The summed E-state index contributed by atoms with van der Waals surface area (Å²) in [5.41, 5.74) is -0.0289. The molecule has 1 saturated heterocycles. The molecule has 2 aliphatic rings. The molecule has 2 aromatic carbocycles. The minimum absolute atomic E-state index is 0.0926. The maximum atomic E-state index is 13.4. The third-order valence-corrected chi connectivity index (χ3v) is 7.69. The average molecular weight is 578 g/mol. The van der Waals surface area contributed by atoms with Crippen molar-refractivity contribution in [3.63, 3.8) is 0 Å². The number of carbonyl (C=O) groups is 4. The number of hydrogen-bond donors (Lipinski definition) is 4. The van der Waals surface area contributed by atoms with E-state index in [1.165, 1.54) is 12.8 Å². The maximum Gasteiger partial charge on any atom is 0.255 e. The quantitative estimate of drug-likeness (QED) is 0.417. The van der Waals surface area contributed by atoms with E-state index in [1.54, 1.807) is 38.1 Å². The number of fused-ring (bicyclic) bond motifs is 1. The maximum absolute atomic E-state index is 13.4. The van der Waals surface area contributed by atoms with Crippen LogP contribution in [0.15, 0.2) is 54.6 Å². The fraction of sp³-hybridized carbons (Fsp3) is 0.500. The van der Waals surface area contributed by atoms with E-state index in [2.05, 4.69) is 26.2 Å². The molecule has 2 atom stereocenters. The number of benzene rings is 2. The molecule has 0 aromatic heterocycles. The lowest BCUT2D eigenvalue weighted by Crippen LogP contribution is -2.59. The van der Waals surface area contributed by atoms with Gasteiger partial charge in [-0.15, -0.1) is 0 Å². The molecule has 0 unspecified atom stereocenters. The van der Waals surface area contributed by atoms with Crippen LogP contribution < -0.4 is 26.0 Å². The molecule has 0 saturated carbocycles. The van der Waals surface area contributed by atoms with E-state index in [0.717, 1.165) is 31.5 Å². The summed E-state index contributed by atoms with van der Waals surface area (Å²) in [6.07, 6.45) is 4.90. The van der Waals surface area contributed by atoms with Crippen LogP contribution >= 0.6 is 0 Å². The molecular formula is C32H43N5O5. The first-order valence-electron chi connectivity index (χ1n) is 14.9. The Kier molecular flexibility index (Phi) is 10.9. The monoisotopic (exact) mass is 577 g/mol. The second kappa shape index (κ2) is 14.8. The van der Waals surface area contributed by atoms with Gasteiger partial charge in [0.15, 0.2) is 0 Å². The third kappa shape index (κ3) is 9.04. The van der Waals surface area contributed by atoms with Crippen molar-refractivity contribution in [1.82, 2.24) is 26.2 Å². The standard InChI is InChI=1S/C32H43N5O5/c1-32(2)31(41)34-24(20-23-12-6-5-7-13-23)22-42-27-15-9-8-14-25(27)29(39)35-26(21-28(38)36-32)30(40)33-16-19-37-17-10-3-4-11-18-37/h5-9,12-15,24,26H,3-4,10-11,16-22H2,1-2H3,(H,33,40)(H,34,41)(H,35,39)(H,36,38)/t24-,26+/m1/s1. The highest BCUT2D eigenvalue weighted by Crippen LogP contribution is 2.20. The van der Waals surface area contributed by atoms with Crippen molar-refractivity contribution in [2.75, 3.05) is 32.8 Å². The largest absolute Gasteiger partial charge is 0.491 e. The molecule has 2 heterocycles. The number of rotatable bonds is 6. The summed E-state index contributed by atoms with van der Waals surface area (Å²) in [6.45, 7) is 6.41. The highest BCUT2D eigenvalue weighted by molar-refractivity contribution is 6.01. The van der Waals surface area contributed by atoms with Crippen molar-refractivity contribution < 1.29 is 23.9 Å². The molecule has 4 N–H and O–H groups in total. The molecule has 4 rings (SSSR count). The number of nitrogens with zero attached hydrogens (tertiary/aromatic N) is 1. The van der Waals surface area contributed by atoms with Gasteiger partial charge in [-0.25, -0.2) is 0 Å². The van der Waals surface area contributed by atoms with Crippen molar-refractivity contribution in [3.8, 4) is 5.75 Å². The fourth-order valence-corrected chi connectivity index (χ4v) is 5.29. The summed E-state index contributed by atoms with van der Waals surface area (Å²) in [5.74, 6) is -1.56. The van der Waals surface area contributed by atoms with Gasteiger partial charge in [0.2, 0.25) is 17.7 Å². The van der Waals surface area contributed by atoms with Crippen molar-refractivity contribution in [2.24, 2.45) is 0 Å². The Labute approximate surface area is 247 Å². The normalized spacial score (nSPS) is 22.2. The molecule has 4 amide bonds. The van der Waals surface area contributed by atoms with Crippen LogP contribution in [0.25, 0.3) is 0 Å². The zero-order valence-electron chi connectivity index (χ0n) is 24.6. The summed E-state index contributed by atoms with van der Waals surface area (Å²) in [6, 6.07) is 14.9. The van der Waals surface area contributed by atoms with Crippen LogP contribution in [-0.2, 0) is 20.8 Å². The summed E-state index contributed by atoms with van der Waals surface area (Å²) >= 11 is 0. The smallest absolute Gasteiger partial charge is 0.255 e. The fourth-order valence-electron chi connectivity index (χ4n) is 5.29. The molecule has 0 aliphatic carbocycles. The lowest BCUT2D eigenvalue weighted by Gasteiger charge is -2.30. The molecule has 1 fully saturated rings. The van der Waals surface area contributed by atoms with Crippen LogP contribution in [0.3, 0.4) is 0 Å². The Morgan fingerprint density at radius 2 is 1.64 bits per heavy atom. The van der Waals surface area contributed by atoms with Gasteiger partial charge in [0.05, 0.1) is 18.0 Å². The van der Waals surface area contributed by atoms with Crippen molar-refractivity contribution >= 4 is 23.6 Å². The summed E-state index contributed by atoms with van der Waals surface area (Å²) in [4.78, 5) is 55.5. The zero-order valence-corrected chi connectivity index (χ0v) is 24.6. The minimum atomic E-state index is -1.27. The first kappa shape index (κ1) is 31.0. The van der Waals surface area contributed by atoms with E-state index in [-0.39, 0.29) is 24.5 Å². The van der Waals surface area contributed by atoms with Crippen LogP contribution in [0.4, 0.5) is 0 Å². The predicted octanol–water partition coefficient (Wildman–Crippen LogP) is 2.18. The third-order valence-electron chi connectivity index (χ3n) is 7.69. The second-order valence-electron chi connectivity index (χ2n) is 11.6. The van der Waals surface area contributed by atoms with Gasteiger partial charge in [-0.2, -0.15) is 0 Å². The van der Waals surface area contributed by atoms with Crippen molar-refractivity contribution in [2.45, 2.75) is 70.0 Å². The SMILES string of the molecule is CC1(C)NC(=O)C[C@@H](C(=O)NCCN2CCCCCC2)NC(=O)c2ccccc2OC[C@@H](Cc2ccccc2)NC1=O. The van der Waals surface area contributed by atoms with E-state index in [4.69, 9.17) is 4.74 Å². The van der Waals surface area contributed by atoms with Gasteiger partial charge in [0.1, 0.15) is 23.9 Å². The lowest BCUT2D eigenvalue weighted by atomic mass is 10.0. The van der Waals surface area contributed by atoms with Gasteiger partial charge in [-0.1, -0.05) is 55.3 Å². The molecule has 0 spiro atoms. The van der Waals surface area contributed by atoms with Gasteiger partial charge in [0.25, 0.3) is 5.91 Å². The number of hydrogen-bond acceptors (Lipinski definition) is 6. The second-order valence-corrected chi connectivity index (χ2v) is 11.6. The first-order chi connectivity index (χ1) is 20.2. The Hall–Kier alpha value is -3.92. The topological polar surface area (TPSA) is 129 Å². The van der Waals surface area contributed by atoms with E-state index >= 15 is 0 Å². The molecule has 10 nitrogen and oxygen atoms in total. The van der Waals surface area contributed by atoms with E-state index in [0.29, 0.717) is 25.3 Å². The molecule has 2 aromatic rings. The summed E-state index contributed by atoms with van der Waals surface area (Å²) in [5, 5.41) is 11.4. The highest BCUT2D eigenvalue weighted by Gasteiger charge is 2.34. The lowest BCUT2D eigenvalue weighted by molar-refractivity contribution is -0.134. The first-order valence-corrected chi connectivity index (χ1v) is 14.9. The molecule has 0 radical (unpaired) electrons. The Balaban J connectivity index is 1.52. The predicted molar refractivity (Wildman–Crippen MR) is 160 cm³/mol. The molecular weight excluding hydrogens is 534 g/mol. The van der Waals surface area contributed by atoms with Crippen LogP contribution in [0, 0.1) is 0 Å². The number of likely N-dealkylation sites (tertiary alicyclic amines) is 1. The Morgan fingerprint density at radius 1 is 0.952 bits per heavy atom. The van der Waals surface area contributed by atoms with Gasteiger partial charge in [-0.05, 0) is 63.9 Å². The highest BCUT2D eigenvalue weighted by atomic mass is 16.5. The average Bonchev–Trinajstić information content (AvgIpc) is 3.24. The molecule has 0 bridgehead atoms. The van der Waals surface area contributed by atoms with E-state index in [1.807, 2.05) is 30.3 Å². The number of nitrogens with one attached hydrogen (secondary N) is 4. The molecule has 226 valence electrons. The van der Waals surface area contributed by atoms with E-state index in [9.17, 15) is 19.2 Å². The van der Waals surface area contributed by atoms with Crippen molar-refractivity contribution in [3.05, 3.63) is 65.7 Å². The number of ether oxygens (including phenoxy) is 1. The van der Waals surface area contributed by atoms with Crippen LogP contribution in [0.5, 0.6) is 5.75 Å². The van der Waals surface area contributed by atoms with E-state index < -0.39 is 35.3 Å². The number of para-hydroxylation sites is 1. The van der Waals surface area contributed by atoms with Crippen LogP contribution in [0.1, 0.15) is 61.9 Å². The van der Waals surface area contributed by atoms with Crippen LogP contribution in [-0.4, -0.2) is 78.9 Å². The van der Waals surface area contributed by atoms with Gasteiger partial charge < -0.3 is 30.9 Å². The summed E-state index contributed by atoms with van der Waals surface area (Å²) < 4.78 is 6.09. The minimum Gasteiger partial charge on any atom is -0.491 e. The summed E-state index contributed by atoms with van der Waals surface area (Å²) in [7, 11) is 0. The van der Waals surface area contributed by atoms with Crippen molar-refractivity contribution in [1.29, 1.82) is 0 Å². The number of amides is 4. The molecule has 10 heteroatoms. The molecule has 2 aliphatic heterocycles. The Bertz CT molecular complexity index is 1230. The van der Waals surface area contributed by atoms with Gasteiger partial charge >= 0.3 is 0 Å². The molecule has 42 heavy (non-hydrogen) atoms. The van der Waals surface area contributed by atoms with Crippen LogP contribution in [0.2, 0.25) is 0 Å². The zero-order chi connectivity index (χ0) is 30.0. The van der Waals surface area contributed by atoms with Gasteiger partial charge in [0, 0.05) is 13.1 Å². The van der Waals surface area contributed by atoms with Gasteiger partial charge in [-0.3, -0.25) is 19.2 Å². The number of carbonyl (C=O) groups excluding carboxylic acids is 4.